The number of benzene rings is 1. The van der Waals surface area contributed by atoms with Crippen LogP contribution >= 0.6 is 0 Å². The minimum Gasteiger partial charge on any atom is -0.380 e. The number of carbonyl (C=O) groups is 2. The predicted octanol–water partition coefficient (Wildman–Crippen LogP) is -0.0420. The summed E-state index contributed by atoms with van der Waals surface area (Å²) >= 11 is 0. The molecule has 0 saturated heterocycles. The van der Waals surface area contributed by atoms with E-state index in [0.717, 1.165) is 12.1 Å². The topological polar surface area (TPSA) is 96.7 Å². The number of carbonyl (C=O) groups excluding carboxylic acids is 2. The van der Waals surface area contributed by atoms with E-state index in [-0.39, 0.29) is 24.3 Å². The summed E-state index contributed by atoms with van der Waals surface area (Å²) in [6.07, 6.45) is -0.0589. The van der Waals surface area contributed by atoms with Crippen molar-refractivity contribution in [2.75, 3.05) is 40.8 Å². The van der Waals surface area contributed by atoms with E-state index < -0.39 is 0 Å². The fourth-order valence-electron chi connectivity index (χ4n) is 2.06. The molecule has 0 radical (unpaired) electrons. The molecule has 7 heteroatoms. The molecule has 0 aliphatic carbocycles. The zero-order chi connectivity index (χ0) is 17.9. The lowest BCUT2D eigenvalue weighted by Crippen LogP contribution is -2.32. The average molecular weight is 336 g/mol. The van der Waals surface area contributed by atoms with Crippen molar-refractivity contribution in [2.24, 2.45) is 5.73 Å². The van der Waals surface area contributed by atoms with Crippen molar-refractivity contribution in [3.63, 3.8) is 0 Å². The van der Waals surface area contributed by atoms with Crippen LogP contribution in [0.25, 0.3) is 0 Å². The zero-order valence-corrected chi connectivity index (χ0v) is 14.7. The molecular formula is C17H28N4O3. The van der Waals surface area contributed by atoms with Crippen molar-refractivity contribution >= 4 is 11.8 Å². The summed E-state index contributed by atoms with van der Waals surface area (Å²) in [5, 5.41) is 5.67. The van der Waals surface area contributed by atoms with Gasteiger partial charge in [-0.1, -0.05) is 12.1 Å². The van der Waals surface area contributed by atoms with Crippen LogP contribution in [0, 0.1) is 0 Å². The maximum atomic E-state index is 12.1. The van der Waals surface area contributed by atoms with Gasteiger partial charge in [-0.2, -0.15) is 0 Å². The molecule has 0 fully saturated rings. The molecule has 0 aromatic heterocycles. The van der Waals surface area contributed by atoms with Gasteiger partial charge in [-0.25, -0.2) is 0 Å². The third-order valence-corrected chi connectivity index (χ3v) is 3.53. The van der Waals surface area contributed by atoms with Crippen molar-refractivity contribution < 1.29 is 14.3 Å². The van der Waals surface area contributed by atoms with E-state index in [9.17, 15) is 9.59 Å². The van der Waals surface area contributed by atoms with Crippen LogP contribution in [0.4, 0.5) is 0 Å². The fraction of sp³-hybridized carbons (Fsp3) is 0.529. The molecule has 0 bridgehead atoms. The third kappa shape index (κ3) is 7.54. The van der Waals surface area contributed by atoms with Gasteiger partial charge in [0.1, 0.15) is 0 Å². The largest absolute Gasteiger partial charge is 0.380 e. The molecule has 0 saturated carbocycles. The van der Waals surface area contributed by atoms with Crippen LogP contribution in [0.3, 0.4) is 0 Å². The quantitative estimate of drug-likeness (QED) is 0.557. The molecule has 0 aliphatic heterocycles. The van der Waals surface area contributed by atoms with Crippen molar-refractivity contribution in [1.29, 1.82) is 0 Å². The molecule has 0 spiro atoms. The SMILES string of the molecule is COC(CN)CC(=O)NCc1cccc(C(=O)NCCN(C)C)c1. The Labute approximate surface area is 143 Å². The molecule has 2 amide bonds. The number of nitrogens with two attached hydrogens (primary N) is 1. The Bertz CT molecular complexity index is 530. The molecule has 7 nitrogen and oxygen atoms in total. The maximum absolute atomic E-state index is 12.1. The van der Waals surface area contributed by atoms with Gasteiger partial charge in [0.2, 0.25) is 5.91 Å². The first-order valence-electron chi connectivity index (χ1n) is 7.97. The third-order valence-electron chi connectivity index (χ3n) is 3.53. The van der Waals surface area contributed by atoms with E-state index in [0.29, 0.717) is 25.2 Å². The smallest absolute Gasteiger partial charge is 0.251 e. The Balaban J connectivity index is 2.50. The Hall–Kier alpha value is -1.96. The van der Waals surface area contributed by atoms with Gasteiger partial charge in [0.25, 0.3) is 5.91 Å². The molecule has 24 heavy (non-hydrogen) atoms. The van der Waals surface area contributed by atoms with Crippen LogP contribution in [0.1, 0.15) is 22.3 Å². The first-order valence-corrected chi connectivity index (χ1v) is 7.97. The van der Waals surface area contributed by atoms with E-state index in [1.165, 1.54) is 7.11 Å². The number of nitrogens with one attached hydrogen (secondary N) is 2. The van der Waals surface area contributed by atoms with Crippen LogP contribution in [-0.2, 0) is 16.1 Å². The summed E-state index contributed by atoms with van der Waals surface area (Å²) in [6, 6.07) is 7.21. The number of ether oxygens (including phenoxy) is 1. The highest BCUT2D eigenvalue weighted by molar-refractivity contribution is 5.94. The fourth-order valence-corrected chi connectivity index (χ4v) is 2.06. The van der Waals surface area contributed by atoms with Gasteiger partial charge in [-0.15, -0.1) is 0 Å². The summed E-state index contributed by atoms with van der Waals surface area (Å²) in [7, 11) is 5.44. The second-order valence-electron chi connectivity index (χ2n) is 5.83. The summed E-state index contributed by atoms with van der Waals surface area (Å²) in [5.74, 6) is -0.249. The van der Waals surface area contributed by atoms with Crippen molar-refractivity contribution in [3.8, 4) is 0 Å². The van der Waals surface area contributed by atoms with E-state index in [4.69, 9.17) is 10.5 Å². The second-order valence-corrected chi connectivity index (χ2v) is 5.83. The maximum Gasteiger partial charge on any atom is 0.251 e. The molecular weight excluding hydrogens is 308 g/mol. The van der Waals surface area contributed by atoms with Gasteiger partial charge >= 0.3 is 0 Å². The van der Waals surface area contributed by atoms with Crippen molar-refractivity contribution in [1.82, 2.24) is 15.5 Å². The van der Waals surface area contributed by atoms with Crippen molar-refractivity contribution in [2.45, 2.75) is 19.1 Å². The monoisotopic (exact) mass is 336 g/mol. The number of nitrogens with zero attached hydrogens (tertiary/aromatic N) is 1. The number of amides is 2. The van der Waals surface area contributed by atoms with E-state index >= 15 is 0 Å². The second kappa shape index (κ2) is 10.7. The van der Waals surface area contributed by atoms with Crippen LogP contribution in [0.2, 0.25) is 0 Å². The molecule has 1 rings (SSSR count). The minimum atomic E-state index is -0.279. The van der Waals surface area contributed by atoms with Crippen LogP contribution in [0.5, 0.6) is 0 Å². The molecule has 4 N–H and O–H groups in total. The lowest BCUT2D eigenvalue weighted by Gasteiger charge is -2.13. The van der Waals surface area contributed by atoms with Gasteiger partial charge in [0, 0.05) is 38.9 Å². The number of methoxy groups -OCH3 is 1. The number of rotatable bonds is 10. The number of likely N-dealkylation sites (N-methyl/N-ethyl adjacent to an activating group) is 1. The Morgan fingerprint density at radius 3 is 2.67 bits per heavy atom. The minimum absolute atomic E-state index is 0.118. The summed E-state index contributed by atoms with van der Waals surface area (Å²) in [5.41, 5.74) is 6.94. The number of hydrogen-bond donors (Lipinski definition) is 3. The van der Waals surface area contributed by atoms with E-state index in [1.54, 1.807) is 18.2 Å². The molecule has 1 aromatic carbocycles. The Morgan fingerprint density at radius 1 is 1.29 bits per heavy atom. The average Bonchev–Trinajstić information content (AvgIpc) is 2.57. The van der Waals surface area contributed by atoms with Crippen molar-refractivity contribution in [3.05, 3.63) is 35.4 Å². The first kappa shape index (κ1) is 20.1. The molecule has 1 aromatic rings. The molecule has 134 valence electrons. The van der Waals surface area contributed by atoms with E-state index in [1.807, 2.05) is 25.1 Å². The van der Waals surface area contributed by atoms with Crippen LogP contribution in [0.15, 0.2) is 24.3 Å². The molecule has 1 atom stereocenters. The number of hydrogen-bond acceptors (Lipinski definition) is 5. The first-order chi connectivity index (χ1) is 11.5. The standard InChI is InChI=1S/C17H28N4O3/c1-21(2)8-7-19-17(23)14-6-4-5-13(9-14)12-20-16(22)10-15(11-18)24-3/h4-6,9,15H,7-8,10-12,18H2,1-3H3,(H,19,23)(H,20,22). The summed E-state index contributed by atoms with van der Waals surface area (Å²) < 4.78 is 5.08. The van der Waals surface area contributed by atoms with Gasteiger partial charge < -0.3 is 26.0 Å². The summed E-state index contributed by atoms with van der Waals surface area (Å²) in [6.45, 7) is 2.03. The lowest BCUT2D eigenvalue weighted by molar-refractivity contribution is -0.123. The summed E-state index contributed by atoms with van der Waals surface area (Å²) in [4.78, 5) is 25.9. The highest BCUT2D eigenvalue weighted by Crippen LogP contribution is 2.06. The van der Waals surface area contributed by atoms with Gasteiger partial charge in [0.05, 0.1) is 12.5 Å². The van der Waals surface area contributed by atoms with Crippen LogP contribution < -0.4 is 16.4 Å². The van der Waals surface area contributed by atoms with Gasteiger partial charge in [-0.05, 0) is 31.8 Å². The van der Waals surface area contributed by atoms with Gasteiger partial charge in [-0.3, -0.25) is 9.59 Å². The highest BCUT2D eigenvalue weighted by Gasteiger charge is 2.11. The van der Waals surface area contributed by atoms with E-state index in [2.05, 4.69) is 10.6 Å². The predicted molar refractivity (Wildman–Crippen MR) is 93.6 cm³/mol. The molecule has 1 unspecified atom stereocenters. The normalized spacial score (nSPS) is 12.0. The molecule has 0 aliphatic rings. The van der Waals surface area contributed by atoms with Crippen LogP contribution in [-0.4, -0.2) is 63.7 Å². The van der Waals surface area contributed by atoms with Gasteiger partial charge in [0.15, 0.2) is 0 Å². The lowest BCUT2D eigenvalue weighted by atomic mass is 10.1. The zero-order valence-electron chi connectivity index (χ0n) is 14.7. The molecule has 0 heterocycles. The Kier molecular flexibility index (Phi) is 8.99. The Morgan fingerprint density at radius 2 is 2.04 bits per heavy atom. The highest BCUT2D eigenvalue weighted by atomic mass is 16.5.